The molecule has 0 aliphatic rings. The molecule has 0 aliphatic carbocycles. The van der Waals surface area contributed by atoms with Gasteiger partial charge in [-0.2, -0.15) is 0 Å². The van der Waals surface area contributed by atoms with Gasteiger partial charge in [0.15, 0.2) is 0 Å². The minimum atomic E-state index is -0.483. The summed E-state index contributed by atoms with van der Waals surface area (Å²) in [6.07, 6.45) is 1.51. The van der Waals surface area contributed by atoms with Crippen molar-refractivity contribution in [1.82, 2.24) is 0 Å². The fraction of sp³-hybridized carbons (Fsp3) is 0.381. The van der Waals surface area contributed by atoms with Gasteiger partial charge in [-0.3, -0.25) is 4.79 Å². The standard InChI is InChI=1S/C21H25BrO3/c1-21(2,20(23)24-3)13-6-14-25-19-8-5-4-7-18(19)17-11-9-16(15-22)10-12-17/h4-5,7-12H,6,13-15H2,1-3H3. The van der Waals surface area contributed by atoms with Crippen molar-refractivity contribution in [3.8, 4) is 16.9 Å². The normalized spacial score (nSPS) is 11.2. The number of carbonyl (C=O) groups excluding carboxylic acids is 1. The lowest BCUT2D eigenvalue weighted by atomic mass is 9.88. The van der Waals surface area contributed by atoms with Crippen LogP contribution < -0.4 is 4.74 Å². The Morgan fingerprint density at radius 2 is 1.76 bits per heavy atom. The van der Waals surface area contributed by atoms with Crippen molar-refractivity contribution in [1.29, 1.82) is 0 Å². The summed E-state index contributed by atoms with van der Waals surface area (Å²) in [5, 5.41) is 0.849. The van der Waals surface area contributed by atoms with E-state index in [4.69, 9.17) is 9.47 Å². The summed E-state index contributed by atoms with van der Waals surface area (Å²) in [7, 11) is 1.43. The number of hydrogen-bond donors (Lipinski definition) is 0. The van der Waals surface area contributed by atoms with Crippen LogP contribution in [-0.2, 0) is 14.9 Å². The first-order chi connectivity index (χ1) is 12.0. The summed E-state index contributed by atoms with van der Waals surface area (Å²) in [6, 6.07) is 16.5. The smallest absolute Gasteiger partial charge is 0.311 e. The first-order valence-electron chi connectivity index (χ1n) is 8.43. The second kappa shape index (κ2) is 9.04. The van der Waals surface area contributed by atoms with Crippen LogP contribution in [0.1, 0.15) is 32.3 Å². The molecule has 0 aromatic heterocycles. The predicted molar refractivity (Wildman–Crippen MR) is 105 cm³/mol. The van der Waals surface area contributed by atoms with E-state index in [1.807, 2.05) is 32.0 Å². The predicted octanol–water partition coefficient (Wildman–Crippen LogP) is 5.61. The minimum Gasteiger partial charge on any atom is -0.493 e. The molecular weight excluding hydrogens is 380 g/mol. The number of hydrogen-bond acceptors (Lipinski definition) is 3. The summed E-state index contributed by atoms with van der Waals surface area (Å²) >= 11 is 3.47. The van der Waals surface area contributed by atoms with Gasteiger partial charge in [-0.25, -0.2) is 0 Å². The lowest BCUT2D eigenvalue weighted by Crippen LogP contribution is -2.26. The van der Waals surface area contributed by atoms with Gasteiger partial charge in [0, 0.05) is 10.9 Å². The second-order valence-electron chi connectivity index (χ2n) is 6.65. The number of alkyl halides is 1. The number of carbonyl (C=O) groups is 1. The van der Waals surface area contributed by atoms with E-state index < -0.39 is 5.41 Å². The van der Waals surface area contributed by atoms with Gasteiger partial charge in [0.05, 0.1) is 19.1 Å². The summed E-state index contributed by atoms with van der Waals surface area (Å²) in [4.78, 5) is 11.7. The maximum Gasteiger partial charge on any atom is 0.311 e. The van der Waals surface area contributed by atoms with Gasteiger partial charge in [0.25, 0.3) is 0 Å². The highest BCUT2D eigenvalue weighted by atomic mass is 79.9. The van der Waals surface area contributed by atoms with Crippen LogP contribution in [0.4, 0.5) is 0 Å². The van der Waals surface area contributed by atoms with Crippen LogP contribution in [0.2, 0.25) is 0 Å². The molecule has 0 fully saturated rings. The van der Waals surface area contributed by atoms with E-state index >= 15 is 0 Å². The minimum absolute atomic E-state index is 0.181. The molecule has 0 spiro atoms. The first kappa shape index (κ1) is 19.5. The zero-order valence-electron chi connectivity index (χ0n) is 15.0. The molecule has 2 rings (SSSR count). The Labute approximate surface area is 158 Å². The lowest BCUT2D eigenvalue weighted by Gasteiger charge is -2.21. The molecule has 0 aliphatic heterocycles. The molecule has 25 heavy (non-hydrogen) atoms. The number of esters is 1. The maximum atomic E-state index is 11.7. The topological polar surface area (TPSA) is 35.5 Å². The fourth-order valence-corrected chi connectivity index (χ4v) is 3.05. The molecule has 0 atom stereocenters. The van der Waals surface area contributed by atoms with E-state index in [-0.39, 0.29) is 5.97 Å². The average molecular weight is 405 g/mol. The van der Waals surface area contributed by atoms with Crippen molar-refractivity contribution in [3.05, 3.63) is 54.1 Å². The van der Waals surface area contributed by atoms with Gasteiger partial charge in [-0.15, -0.1) is 0 Å². The number of ether oxygens (including phenoxy) is 2. The number of para-hydroxylation sites is 1. The quantitative estimate of drug-likeness (QED) is 0.326. The third-order valence-corrected chi connectivity index (χ3v) is 4.90. The van der Waals surface area contributed by atoms with E-state index in [0.29, 0.717) is 6.61 Å². The van der Waals surface area contributed by atoms with E-state index in [2.05, 4.69) is 46.3 Å². The van der Waals surface area contributed by atoms with Crippen LogP contribution in [0, 0.1) is 5.41 Å². The number of benzene rings is 2. The molecule has 0 amide bonds. The van der Waals surface area contributed by atoms with Crippen molar-refractivity contribution < 1.29 is 14.3 Å². The monoisotopic (exact) mass is 404 g/mol. The van der Waals surface area contributed by atoms with Crippen molar-refractivity contribution >= 4 is 21.9 Å². The summed E-state index contributed by atoms with van der Waals surface area (Å²) in [5.74, 6) is 0.685. The third-order valence-electron chi connectivity index (χ3n) is 4.25. The Morgan fingerprint density at radius 3 is 2.40 bits per heavy atom. The molecule has 0 heterocycles. The zero-order valence-corrected chi connectivity index (χ0v) is 16.6. The fourth-order valence-electron chi connectivity index (χ4n) is 2.68. The third kappa shape index (κ3) is 5.33. The van der Waals surface area contributed by atoms with Crippen LogP contribution in [-0.4, -0.2) is 19.7 Å². The van der Waals surface area contributed by atoms with Gasteiger partial charge in [-0.05, 0) is 43.9 Å². The highest BCUT2D eigenvalue weighted by Crippen LogP contribution is 2.31. The van der Waals surface area contributed by atoms with Crippen LogP contribution in [0.15, 0.2) is 48.5 Å². The van der Waals surface area contributed by atoms with E-state index in [0.717, 1.165) is 35.0 Å². The van der Waals surface area contributed by atoms with Crippen molar-refractivity contribution in [2.24, 2.45) is 5.41 Å². The van der Waals surface area contributed by atoms with Gasteiger partial charge < -0.3 is 9.47 Å². The van der Waals surface area contributed by atoms with Gasteiger partial charge in [0.1, 0.15) is 5.75 Å². The largest absolute Gasteiger partial charge is 0.493 e. The van der Waals surface area contributed by atoms with Crippen molar-refractivity contribution in [3.63, 3.8) is 0 Å². The van der Waals surface area contributed by atoms with E-state index in [9.17, 15) is 4.79 Å². The van der Waals surface area contributed by atoms with E-state index in [1.54, 1.807) is 0 Å². The number of halogens is 1. The molecule has 0 radical (unpaired) electrons. The molecule has 0 saturated heterocycles. The average Bonchev–Trinajstić information content (AvgIpc) is 2.65. The van der Waals surface area contributed by atoms with Crippen molar-refractivity contribution in [2.45, 2.75) is 32.0 Å². The molecular formula is C21H25BrO3. The SMILES string of the molecule is COC(=O)C(C)(C)CCCOc1ccccc1-c1ccc(CBr)cc1. The molecule has 3 nitrogen and oxygen atoms in total. The van der Waals surface area contributed by atoms with E-state index in [1.165, 1.54) is 12.7 Å². The van der Waals surface area contributed by atoms with Crippen molar-refractivity contribution in [2.75, 3.05) is 13.7 Å². The summed E-state index contributed by atoms with van der Waals surface area (Å²) < 4.78 is 10.8. The van der Waals surface area contributed by atoms with Gasteiger partial charge in [-0.1, -0.05) is 58.4 Å². The second-order valence-corrected chi connectivity index (χ2v) is 7.21. The molecule has 0 bridgehead atoms. The Morgan fingerprint density at radius 1 is 1.08 bits per heavy atom. The lowest BCUT2D eigenvalue weighted by molar-refractivity contribution is -0.151. The molecule has 134 valence electrons. The summed E-state index contributed by atoms with van der Waals surface area (Å²) in [5.41, 5.74) is 2.97. The Bertz CT molecular complexity index is 693. The van der Waals surface area contributed by atoms with Crippen LogP contribution in [0.3, 0.4) is 0 Å². The first-order valence-corrected chi connectivity index (χ1v) is 9.55. The summed E-state index contributed by atoms with van der Waals surface area (Å²) in [6.45, 7) is 4.37. The number of methoxy groups -OCH3 is 1. The Hall–Kier alpha value is -1.81. The molecule has 0 unspecified atom stereocenters. The van der Waals surface area contributed by atoms with Crippen LogP contribution in [0.25, 0.3) is 11.1 Å². The Kier molecular flexibility index (Phi) is 7.06. The molecule has 0 saturated carbocycles. The highest BCUT2D eigenvalue weighted by molar-refractivity contribution is 9.08. The van der Waals surface area contributed by atoms with Crippen LogP contribution >= 0.6 is 15.9 Å². The molecule has 2 aromatic carbocycles. The highest BCUT2D eigenvalue weighted by Gasteiger charge is 2.27. The molecule has 4 heteroatoms. The maximum absolute atomic E-state index is 11.7. The van der Waals surface area contributed by atoms with Gasteiger partial charge >= 0.3 is 5.97 Å². The van der Waals surface area contributed by atoms with Crippen LogP contribution in [0.5, 0.6) is 5.75 Å². The number of rotatable bonds is 8. The van der Waals surface area contributed by atoms with Gasteiger partial charge in [0.2, 0.25) is 0 Å². The Balaban J connectivity index is 2.00. The molecule has 2 aromatic rings. The zero-order chi connectivity index (χ0) is 18.3. The molecule has 0 N–H and O–H groups in total.